The summed E-state index contributed by atoms with van der Waals surface area (Å²) in [6.07, 6.45) is 2.23. The summed E-state index contributed by atoms with van der Waals surface area (Å²) in [4.78, 5) is 15.9. The van der Waals surface area contributed by atoms with E-state index in [2.05, 4.69) is 15.0 Å². The third-order valence-corrected chi connectivity index (χ3v) is 4.10. The van der Waals surface area contributed by atoms with E-state index < -0.39 is 0 Å². The minimum atomic E-state index is -0.378. The minimum Gasteiger partial charge on any atom is -0.465 e. The van der Waals surface area contributed by atoms with Crippen LogP contribution in [0.15, 0.2) is 24.4 Å². The number of hydrogen-bond donors (Lipinski definition) is 1. The summed E-state index contributed by atoms with van der Waals surface area (Å²) in [6.45, 7) is 0.662. The molecule has 0 aliphatic carbocycles. The second-order valence-electron chi connectivity index (χ2n) is 3.93. The summed E-state index contributed by atoms with van der Waals surface area (Å²) >= 11 is 13.2. The van der Waals surface area contributed by atoms with Crippen LogP contribution in [-0.2, 0) is 11.2 Å². The molecule has 1 N–H and O–H groups in total. The van der Waals surface area contributed by atoms with Gasteiger partial charge in [-0.3, -0.25) is 0 Å². The van der Waals surface area contributed by atoms with Crippen molar-refractivity contribution in [2.45, 2.75) is 6.42 Å². The van der Waals surface area contributed by atoms with Gasteiger partial charge in [0.05, 0.1) is 13.3 Å². The maximum atomic E-state index is 11.3. The highest BCUT2D eigenvalue weighted by molar-refractivity contribution is 7.17. The number of anilines is 1. The Balaban J connectivity index is 1.89. The molecule has 7 heteroatoms. The molecular formula is C13H12Cl2N2O2S. The average Bonchev–Trinajstić information content (AvgIpc) is 2.89. The molecule has 0 unspecified atom stereocenters. The number of methoxy groups -OCH3 is 1. The van der Waals surface area contributed by atoms with E-state index in [0.717, 1.165) is 12.0 Å². The van der Waals surface area contributed by atoms with Gasteiger partial charge in [-0.2, -0.15) is 0 Å². The molecule has 106 valence electrons. The van der Waals surface area contributed by atoms with Crippen molar-refractivity contribution in [2.75, 3.05) is 19.0 Å². The lowest BCUT2D eigenvalue weighted by molar-refractivity contribution is 0.0606. The summed E-state index contributed by atoms with van der Waals surface area (Å²) in [5.41, 5.74) is 1.01. The lowest BCUT2D eigenvalue weighted by atomic mass is 10.1. The Hall–Kier alpha value is -1.30. The van der Waals surface area contributed by atoms with E-state index in [4.69, 9.17) is 23.2 Å². The Bertz CT molecular complexity index is 616. The number of ether oxygens (including phenoxy) is 1. The SMILES string of the molecule is COC(=O)c1cnc(NCCc2ccc(Cl)cc2Cl)s1. The number of nitrogens with zero attached hydrogens (tertiary/aromatic N) is 1. The van der Waals surface area contributed by atoms with Gasteiger partial charge in [0, 0.05) is 16.6 Å². The Kier molecular flexibility index (Phi) is 5.23. The predicted octanol–water partition coefficient (Wildman–Crippen LogP) is 3.89. The van der Waals surface area contributed by atoms with Crippen LogP contribution in [0.2, 0.25) is 10.0 Å². The van der Waals surface area contributed by atoms with Gasteiger partial charge in [-0.1, -0.05) is 40.6 Å². The van der Waals surface area contributed by atoms with E-state index in [-0.39, 0.29) is 5.97 Å². The lowest BCUT2D eigenvalue weighted by Crippen LogP contribution is -2.04. The number of benzene rings is 1. The average molecular weight is 331 g/mol. The first-order valence-electron chi connectivity index (χ1n) is 5.82. The van der Waals surface area contributed by atoms with Gasteiger partial charge in [0.2, 0.25) is 0 Å². The molecule has 1 aromatic carbocycles. The molecule has 2 aromatic rings. The number of halogens is 2. The number of esters is 1. The maximum Gasteiger partial charge on any atom is 0.349 e. The highest BCUT2D eigenvalue weighted by atomic mass is 35.5. The minimum absolute atomic E-state index is 0.378. The van der Waals surface area contributed by atoms with Crippen molar-refractivity contribution in [1.82, 2.24) is 4.98 Å². The number of thiazole rings is 1. The van der Waals surface area contributed by atoms with E-state index in [0.29, 0.717) is 26.6 Å². The van der Waals surface area contributed by atoms with Crippen LogP contribution in [-0.4, -0.2) is 24.6 Å². The first-order valence-corrected chi connectivity index (χ1v) is 7.39. The van der Waals surface area contributed by atoms with Crippen LogP contribution in [0.3, 0.4) is 0 Å². The number of carbonyl (C=O) groups excluding carboxylic acids is 1. The molecule has 0 fully saturated rings. The number of aromatic nitrogens is 1. The fourth-order valence-corrected chi connectivity index (χ4v) is 2.84. The van der Waals surface area contributed by atoms with Crippen LogP contribution in [0.25, 0.3) is 0 Å². The van der Waals surface area contributed by atoms with Gasteiger partial charge in [-0.15, -0.1) is 0 Å². The molecule has 0 radical (unpaired) electrons. The van der Waals surface area contributed by atoms with Gasteiger partial charge < -0.3 is 10.1 Å². The molecule has 0 saturated heterocycles. The van der Waals surface area contributed by atoms with Crippen molar-refractivity contribution in [1.29, 1.82) is 0 Å². The van der Waals surface area contributed by atoms with Gasteiger partial charge in [-0.05, 0) is 24.1 Å². The summed E-state index contributed by atoms with van der Waals surface area (Å²) in [5, 5.41) is 5.09. The Labute approximate surface area is 130 Å². The summed E-state index contributed by atoms with van der Waals surface area (Å²) in [7, 11) is 1.34. The summed E-state index contributed by atoms with van der Waals surface area (Å²) < 4.78 is 4.62. The smallest absolute Gasteiger partial charge is 0.349 e. The van der Waals surface area contributed by atoms with Crippen molar-refractivity contribution in [2.24, 2.45) is 0 Å². The normalized spacial score (nSPS) is 10.3. The molecule has 0 amide bonds. The zero-order valence-corrected chi connectivity index (χ0v) is 13.0. The third-order valence-electron chi connectivity index (χ3n) is 2.58. The molecule has 0 bridgehead atoms. The molecule has 20 heavy (non-hydrogen) atoms. The number of hydrogen-bond acceptors (Lipinski definition) is 5. The van der Waals surface area contributed by atoms with Crippen molar-refractivity contribution < 1.29 is 9.53 Å². The van der Waals surface area contributed by atoms with Crippen molar-refractivity contribution in [3.63, 3.8) is 0 Å². The Morgan fingerprint density at radius 2 is 2.25 bits per heavy atom. The van der Waals surface area contributed by atoms with Crippen LogP contribution in [0.4, 0.5) is 5.13 Å². The Morgan fingerprint density at radius 1 is 1.45 bits per heavy atom. The molecule has 4 nitrogen and oxygen atoms in total. The van der Waals surface area contributed by atoms with E-state index >= 15 is 0 Å². The second-order valence-corrected chi connectivity index (χ2v) is 5.81. The maximum absolute atomic E-state index is 11.3. The predicted molar refractivity (Wildman–Crippen MR) is 82.1 cm³/mol. The molecule has 1 heterocycles. The molecule has 0 aliphatic heterocycles. The van der Waals surface area contributed by atoms with Gasteiger partial charge in [0.15, 0.2) is 5.13 Å². The monoisotopic (exact) mass is 330 g/mol. The van der Waals surface area contributed by atoms with E-state index in [1.807, 2.05) is 12.1 Å². The van der Waals surface area contributed by atoms with Crippen molar-refractivity contribution >= 4 is 45.6 Å². The first kappa shape index (κ1) is 15.1. The standard InChI is InChI=1S/C13H12Cl2N2O2S/c1-19-12(18)11-7-17-13(20-11)16-5-4-8-2-3-9(14)6-10(8)15/h2-3,6-7H,4-5H2,1H3,(H,16,17). The van der Waals surface area contributed by atoms with Gasteiger partial charge in [0.25, 0.3) is 0 Å². The molecular weight excluding hydrogens is 319 g/mol. The van der Waals surface area contributed by atoms with Crippen molar-refractivity contribution in [3.8, 4) is 0 Å². The van der Waals surface area contributed by atoms with Crippen LogP contribution in [0.5, 0.6) is 0 Å². The molecule has 0 atom stereocenters. The van der Waals surface area contributed by atoms with Gasteiger partial charge >= 0.3 is 5.97 Å². The molecule has 2 rings (SSSR count). The van der Waals surface area contributed by atoms with E-state index in [1.54, 1.807) is 6.07 Å². The lowest BCUT2D eigenvalue weighted by Gasteiger charge is -2.05. The topological polar surface area (TPSA) is 51.2 Å². The zero-order chi connectivity index (χ0) is 14.5. The number of nitrogens with one attached hydrogen (secondary N) is 1. The van der Waals surface area contributed by atoms with Crippen molar-refractivity contribution in [3.05, 3.63) is 44.9 Å². The fourth-order valence-electron chi connectivity index (χ4n) is 1.58. The first-order chi connectivity index (χ1) is 9.60. The fraction of sp³-hybridized carbons (Fsp3) is 0.231. The third kappa shape index (κ3) is 3.85. The largest absolute Gasteiger partial charge is 0.465 e. The van der Waals surface area contributed by atoms with Crippen LogP contribution < -0.4 is 5.32 Å². The quantitative estimate of drug-likeness (QED) is 0.845. The number of rotatable bonds is 5. The number of carbonyl (C=O) groups is 1. The van der Waals surface area contributed by atoms with Crippen LogP contribution in [0, 0.1) is 0 Å². The van der Waals surface area contributed by atoms with Crippen LogP contribution in [0.1, 0.15) is 15.2 Å². The van der Waals surface area contributed by atoms with E-state index in [1.165, 1.54) is 24.6 Å². The van der Waals surface area contributed by atoms with Gasteiger partial charge in [-0.25, -0.2) is 9.78 Å². The summed E-state index contributed by atoms with van der Waals surface area (Å²) in [5.74, 6) is -0.378. The molecule has 0 spiro atoms. The molecule has 0 aliphatic rings. The van der Waals surface area contributed by atoms with Gasteiger partial charge in [0.1, 0.15) is 4.88 Å². The second kappa shape index (κ2) is 6.92. The summed E-state index contributed by atoms with van der Waals surface area (Å²) in [6, 6.07) is 5.42. The molecule has 0 saturated carbocycles. The van der Waals surface area contributed by atoms with E-state index in [9.17, 15) is 4.79 Å². The highest BCUT2D eigenvalue weighted by Gasteiger charge is 2.10. The highest BCUT2D eigenvalue weighted by Crippen LogP contribution is 2.22. The molecule has 1 aromatic heterocycles. The Morgan fingerprint density at radius 3 is 2.95 bits per heavy atom. The zero-order valence-electron chi connectivity index (χ0n) is 10.7. The van der Waals surface area contributed by atoms with Crippen LogP contribution >= 0.6 is 34.5 Å².